The lowest BCUT2D eigenvalue weighted by Gasteiger charge is -2.44. The summed E-state index contributed by atoms with van der Waals surface area (Å²) in [6.07, 6.45) is 3.90. The van der Waals surface area contributed by atoms with E-state index in [4.69, 9.17) is 4.74 Å². The molecule has 1 unspecified atom stereocenters. The lowest BCUT2D eigenvalue weighted by Crippen LogP contribution is -2.47. The van der Waals surface area contributed by atoms with Gasteiger partial charge in [0, 0.05) is 7.11 Å². The molecule has 0 saturated heterocycles. The fourth-order valence-electron chi connectivity index (χ4n) is 2.14. The Bertz CT molecular complexity index is 163. The molecule has 0 aliphatic heterocycles. The van der Waals surface area contributed by atoms with Crippen molar-refractivity contribution in [2.24, 2.45) is 5.41 Å². The highest BCUT2D eigenvalue weighted by Crippen LogP contribution is 2.43. The summed E-state index contributed by atoms with van der Waals surface area (Å²) in [5, 5.41) is 9.67. The minimum absolute atomic E-state index is 0.268. The molecule has 0 heterocycles. The van der Waals surface area contributed by atoms with Gasteiger partial charge in [-0.05, 0) is 38.0 Å². The van der Waals surface area contributed by atoms with Crippen LogP contribution in [0.1, 0.15) is 46.5 Å². The van der Waals surface area contributed by atoms with Crippen molar-refractivity contribution in [3.63, 3.8) is 0 Å². The van der Waals surface area contributed by atoms with Crippen molar-refractivity contribution < 1.29 is 9.84 Å². The Morgan fingerprint density at radius 3 is 1.92 bits per heavy atom. The molecule has 1 fully saturated rings. The van der Waals surface area contributed by atoms with Crippen LogP contribution in [0, 0.1) is 5.41 Å². The molecular formula is C11H22O2. The summed E-state index contributed by atoms with van der Waals surface area (Å²) < 4.78 is 5.48. The topological polar surface area (TPSA) is 29.5 Å². The molecule has 0 aromatic rings. The second-order valence-electron chi connectivity index (χ2n) is 5.11. The van der Waals surface area contributed by atoms with Crippen molar-refractivity contribution in [2.45, 2.75) is 58.2 Å². The summed E-state index contributed by atoms with van der Waals surface area (Å²) in [6.45, 7) is 6.41. The lowest BCUT2D eigenvalue weighted by molar-refractivity contribution is -0.129. The molecule has 0 aromatic carbocycles. The van der Waals surface area contributed by atoms with E-state index in [1.165, 1.54) is 0 Å². The van der Waals surface area contributed by atoms with Crippen molar-refractivity contribution in [1.82, 2.24) is 0 Å². The van der Waals surface area contributed by atoms with Gasteiger partial charge >= 0.3 is 0 Å². The van der Waals surface area contributed by atoms with Crippen LogP contribution in [0.4, 0.5) is 0 Å². The molecule has 2 nitrogen and oxygen atoms in total. The molecule has 2 heteroatoms. The van der Waals surface area contributed by atoms with Crippen molar-refractivity contribution in [3.8, 4) is 0 Å². The maximum atomic E-state index is 9.67. The average molecular weight is 186 g/mol. The summed E-state index contributed by atoms with van der Waals surface area (Å²) in [5.41, 5.74) is 0.159. The van der Waals surface area contributed by atoms with Gasteiger partial charge in [0.15, 0.2) is 0 Å². The second-order valence-corrected chi connectivity index (χ2v) is 5.11. The monoisotopic (exact) mass is 186 g/mol. The van der Waals surface area contributed by atoms with E-state index in [1.54, 1.807) is 7.11 Å². The van der Waals surface area contributed by atoms with Gasteiger partial charge in [-0.2, -0.15) is 0 Å². The Morgan fingerprint density at radius 1 is 1.15 bits per heavy atom. The zero-order valence-electron chi connectivity index (χ0n) is 9.26. The van der Waals surface area contributed by atoms with Gasteiger partial charge in [-0.25, -0.2) is 0 Å². The molecule has 78 valence electrons. The van der Waals surface area contributed by atoms with Crippen molar-refractivity contribution >= 4 is 0 Å². The number of aliphatic hydroxyl groups excluding tert-OH is 1. The van der Waals surface area contributed by atoms with Crippen LogP contribution in [0.25, 0.3) is 0 Å². The summed E-state index contributed by atoms with van der Waals surface area (Å²) in [5.74, 6) is 0. The Balaban J connectivity index is 2.63. The number of methoxy groups -OCH3 is 1. The third-order valence-electron chi connectivity index (χ3n) is 3.62. The van der Waals surface area contributed by atoms with E-state index in [0.717, 1.165) is 25.7 Å². The molecule has 1 saturated carbocycles. The van der Waals surface area contributed by atoms with Gasteiger partial charge in [-0.15, -0.1) is 0 Å². The van der Waals surface area contributed by atoms with Crippen molar-refractivity contribution in [2.75, 3.05) is 7.11 Å². The molecule has 0 bridgehead atoms. The van der Waals surface area contributed by atoms with Crippen LogP contribution in [0.15, 0.2) is 0 Å². The molecule has 0 radical (unpaired) electrons. The van der Waals surface area contributed by atoms with E-state index < -0.39 is 0 Å². The predicted molar refractivity (Wildman–Crippen MR) is 53.7 cm³/mol. The standard InChI is InChI=1S/C11H22O2/c1-9(12)11(13-4)7-5-10(2,3)6-8-11/h9,12H,5-8H2,1-4H3. The summed E-state index contributed by atoms with van der Waals surface area (Å²) in [6, 6.07) is 0. The van der Waals surface area contributed by atoms with Crippen LogP contribution < -0.4 is 0 Å². The van der Waals surface area contributed by atoms with Crippen molar-refractivity contribution in [1.29, 1.82) is 0 Å². The third kappa shape index (κ3) is 2.23. The minimum Gasteiger partial charge on any atom is -0.390 e. The fraction of sp³-hybridized carbons (Fsp3) is 1.00. The van der Waals surface area contributed by atoms with Gasteiger partial charge in [0.05, 0.1) is 11.7 Å². The number of hydrogen-bond donors (Lipinski definition) is 1. The maximum Gasteiger partial charge on any atom is 0.0934 e. The molecule has 0 aromatic heterocycles. The van der Waals surface area contributed by atoms with Crippen LogP contribution in [0.5, 0.6) is 0 Å². The lowest BCUT2D eigenvalue weighted by atomic mass is 9.69. The number of hydrogen-bond acceptors (Lipinski definition) is 2. The molecule has 1 rings (SSSR count). The molecule has 0 amide bonds. The summed E-state index contributed by atoms with van der Waals surface area (Å²) >= 11 is 0. The molecule has 1 N–H and O–H groups in total. The van der Waals surface area contributed by atoms with E-state index in [0.29, 0.717) is 5.41 Å². The minimum atomic E-state index is -0.353. The smallest absolute Gasteiger partial charge is 0.0934 e. The molecule has 1 aliphatic carbocycles. The highest BCUT2D eigenvalue weighted by atomic mass is 16.5. The second kappa shape index (κ2) is 3.58. The Hall–Kier alpha value is -0.0800. The molecule has 1 aliphatic rings. The first-order valence-electron chi connectivity index (χ1n) is 5.15. The first-order valence-corrected chi connectivity index (χ1v) is 5.15. The highest BCUT2D eigenvalue weighted by Gasteiger charge is 2.41. The highest BCUT2D eigenvalue weighted by molar-refractivity contribution is 4.93. The first kappa shape index (κ1) is 11.0. The van der Waals surface area contributed by atoms with Crippen molar-refractivity contribution in [3.05, 3.63) is 0 Å². The first-order chi connectivity index (χ1) is 5.92. The number of rotatable bonds is 2. The SMILES string of the molecule is COC1(C(C)O)CCC(C)(C)CC1. The van der Waals surface area contributed by atoms with E-state index in [1.807, 2.05) is 6.92 Å². The van der Waals surface area contributed by atoms with Crippen LogP contribution in [-0.4, -0.2) is 23.9 Å². The van der Waals surface area contributed by atoms with Gasteiger partial charge in [-0.3, -0.25) is 0 Å². The number of aliphatic hydroxyl groups is 1. The van der Waals surface area contributed by atoms with Gasteiger partial charge in [-0.1, -0.05) is 13.8 Å². The molecule has 13 heavy (non-hydrogen) atoms. The zero-order chi connectivity index (χ0) is 10.1. The van der Waals surface area contributed by atoms with Crippen LogP contribution >= 0.6 is 0 Å². The quantitative estimate of drug-likeness (QED) is 0.717. The normalized spacial score (nSPS) is 28.4. The Labute approximate surface area is 81.3 Å². The van der Waals surface area contributed by atoms with E-state index in [2.05, 4.69) is 13.8 Å². The molecular weight excluding hydrogens is 164 g/mol. The predicted octanol–water partition coefficient (Wildman–Crippen LogP) is 2.35. The van der Waals surface area contributed by atoms with Gasteiger partial charge in [0.1, 0.15) is 0 Å². The average Bonchev–Trinajstić information content (AvgIpc) is 2.05. The Morgan fingerprint density at radius 2 is 1.62 bits per heavy atom. The van der Waals surface area contributed by atoms with Crippen LogP contribution in [-0.2, 0) is 4.74 Å². The molecule has 1 atom stereocenters. The van der Waals surface area contributed by atoms with Gasteiger partial charge < -0.3 is 9.84 Å². The summed E-state index contributed by atoms with van der Waals surface area (Å²) in [4.78, 5) is 0. The maximum absolute atomic E-state index is 9.67. The van der Waals surface area contributed by atoms with Gasteiger partial charge in [0.25, 0.3) is 0 Å². The summed E-state index contributed by atoms with van der Waals surface area (Å²) in [7, 11) is 1.71. The third-order valence-corrected chi connectivity index (χ3v) is 3.62. The number of ether oxygens (including phenoxy) is 1. The van der Waals surface area contributed by atoms with Gasteiger partial charge in [0.2, 0.25) is 0 Å². The van der Waals surface area contributed by atoms with Crippen LogP contribution in [0.3, 0.4) is 0 Å². The Kier molecular flexibility index (Phi) is 3.03. The largest absolute Gasteiger partial charge is 0.390 e. The molecule has 0 spiro atoms. The van der Waals surface area contributed by atoms with E-state index in [9.17, 15) is 5.11 Å². The van der Waals surface area contributed by atoms with Crippen LogP contribution in [0.2, 0.25) is 0 Å². The van der Waals surface area contributed by atoms with E-state index in [-0.39, 0.29) is 11.7 Å². The zero-order valence-corrected chi connectivity index (χ0v) is 9.26. The van der Waals surface area contributed by atoms with E-state index >= 15 is 0 Å². The fourth-order valence-corrected chi connectivity index (χ4v) is 2.14.